The Hall–Kier alpha value is -2.96. The molecule has 6 nitrogen and oxygen atoms in total. The number of carbonyl (C=O) groups is 1. The smallest absolute Gasteiger partial charge is 0.273 e. The fourth-order valence-electron chi connectivity index (χ4n) is 3.48. The van der Waals surface area contributed by atoms with Crippen LogP contribution in [0.15, 0.2) is 59.2 Å². The van der Waals surface area contributed by atoms with Gasteiger partial charge in [0.2, 0.25) is 5.89 Å². The minimum absolute atomic E-state index is 0.145. The molecule has 1 aromatic heterocycles. The number of ether oxygens (including phenoxy) is 1. The third kappa shape index (κ3) is 6.26. The SMILES string of the molecule is COCCNC(=O)c1coc(CN(Cc2cc(C)ccc2C)C(C)c2ccccc2)n1. The monoisotopic (exact) mass is 421 g/mol. The lowest BCUT2D eigenvalue weighted by molar-refractivity contribution is 0.0932. The number of hydrogen-bond donors (Lipinski definition) is 1. The van der Waals surface area contributed by atoms with Crippen molar-refractivity contribution in [2.45, 2.75) is 39.9 Å². The van der Waals surface area contributed by atoms with Gasteiger partial charge in [0.25, 0.3) is 5.91 Å². The molecule has 2 aromatic carbocycles. The zero-order chi connectivity index (χ0) is 22.2. The maximum atomic E-state index is 12.2. The number of methoxy groups -OCH3 is 1. The molecule has 0 aliphatic rings. The Morgan fingerprint density at radius 1 is 1.16 bits per heavy atom. The molecule has 3 rings (SSSR count). The fourth-order valence-corrected chi connectivity index (χ4v) is 3.48. The summed E-state index contributed by atoms with van der Waals surface area (Å²) < 4.78 is 10.6. The Kier molecular flexibility index (Phi) is 7.98. The average molecular weight is 422 g/mol. The number of carbonyl (C=O) groups excluding carboxylic acids is 1. The molecule has 0 saturated carbocycles. The molecule has 0 saturated heterocycles. The zero-order valence-corrected chi connectivity index (χ0v) is 18.7. The van der Waals surface area contributed by atoms with Gasteiger partial charge >= 0.3 is 0 Å². The maximum absolute atomic E-state index is 12.2. The zero-order valence-electron chi connectivity index (χ0n) is 18.7. The molecule has 1 atom stereocenters. The topological polar surface area (TPSA) is 67.6 Å². The molecule has 0 fully saturated rings. The fraction of sp³-hybridized carbons (Fsp3) is 0.360. The summed E-state index contributed by atoms with van der Waals surface area (Å²) in [5.74, 6) is 0.259. The van der Waals surface area contributed by atoms with Gasteiger partial charge in [0.1, 0.15) is 6.26 Å². The van der Waals surface area contributed by atoms with Crippen molar-refractivity contribution >= 4 is 5.91 Å². The number of hydrogen-bond acceptors (Lipinski definition) is 5. The second kappa shape index (κ2) is 10.9. The molecule has 3 aromatic rings. The van der Waals surface area contributed by atoms with Crippen molar-refractivity contribution in [2.24, 2.45) is 0 Å². The van der Waals surface area contributed by atoms with Gasteiger partial charge in [0, 0.05) is 26.2 Å². The lowest BCUT2D eigenvalue weighted by atomic mass is 10.0. The highest BCUT2D eigenvalue weighted by atomic mass is 16.5. The lowest BCUT2D eigenvalue weighted by Gasteiger charge is -2.29. The van der Waals surface area contributed by atoms with E-state index >= 15 is 0 Å². The Bertz CT molecular complexity index is 985. The van der Waals surface area contributed by atoms with Crippen LogP contribution in [0.2, 0.25) is 0 Å². The van der Waals surface area contributed by atoms with Crippen molar-refractivity contribution in [2.75, 3.05) is 20.3 Å². The first-order chi connectivity index (χ1) is 15.0. The Morgan fingerprint density at radius 2 is 1.94 bits per heavy atom. The second-order valence-electron chi connectivity index (χ2n) is 7.80. The molecule has 0 radical (unpaired) electrons. The third-order valence-corrected chi connectivity index (χ3v) is 5.42. The maximum Gasteiger partial charge on any atom is 0.273 e. The molecule has 6 heteroatoms. The molecule has 0 aliphatic heterocycles. The van der Waals surface area contributed by atoms with Crippen molar-refractivity contribution in [3.63, 3.8) is 0 Å². The molecule has 31 heavy (non-hydrogen) atoms. The minimum Gasteiger partial charge on any atom is -0.447 e. The van der Waals surface area contributed by atoms with Gasteiger partial charge in [-0.25, -0.2) is 4.98 Å². The summed E-state index contributed by atoms with van der Waals surface area (Å²) in [5, 5.41) is 2.77. The molecule has 1 N–H and O–H groups in total. The lowest BCUT2D eigenvalue weighted by Crippen LogP contribution is -2.28. The number of aryl methyl sites for hydroxylation is 2. The summed E-state index contributed by atoms with van der Waals surface area (Å²) in [7, 11) is 1.60. The van der Waals surface area contributed by atoms with E-state index in [-0.39, 0.29) is 17.6 Å². The molecule has 164 valence electrons. The largest absolute Gasteiger partial charge is 0.447 e. The first-order valence-corrected chi connectivity index (χ1v) is 10.5. The molecule has 1 amide bonds. The van der Waals surface area contributed by atoms with Crippen LogP contribution < -0.4 is 5.32 Å². The van der Waals surface area contributed by atoms with E-state index in [1.165, 1.54) is 28.5 Å². The summed E-state index contributed by atoms with van der Waals surface area (Å²) in [6, 6.07) is 17.0. The molecule has 1 unspecified atom stereocenters. The Labute approximate surface area is 184 Å². The van der Waals surface area contributed by atoms with E-state index < -0.39 is 0 Å². The minimum atomic E-state index is -0.260. The summed E-state index contributed by atoms with van der Waals surface area (Å²) >= 11 is 0. The van der Waals surface area contributed by atoms with E-state index in [1.54, 1.807) is 7.11 Å². The Morgan fingerprint density at radius 3 is 2.68 bits per heavy atom. The van der Waals surface area contributed by atoms with Crippen molar-refractivity contribution in [1.29, 1.82) is 0 Å². The number of aromatic nitrogens is 1. The highest BCUT2D eigenvalue weighted by Crippen LogP contribution is 2.26. The molecule has 1 heterocycles. The molecule has 0 bridgehead atoms. The van der Waals surface area contributed by atoms with Crippen molar-refractivity contribution in [3.05, 3.63) is 88.6 Å². The standard InChI is InChI=1S/C25H31N3O3/c1-18-10-11-19(2)22(14-18)15-28(20(3)21-8-6-5-7-9-21)16-24-27-23(17-31-24)25(29)26-12-13-30-4/h5-11,14,17,20H,12-13,15-16H2,1-4H3,(H,26,29). The summed E-state index contributed by atoms with van der Waals surface area (Å²) in [4.78, 5) is 19.0. The second-order valence-corrected chi connectivity index (χ2v) is 7.80. The van der Waals surface area contributed by atoms with Gasteiger partial charge in [0.15, 0.2) is 5.69 Å². The van der Waals surface area contributed by atoms with Crippen LogP contribution in [-0.2, 0) is 17.8 Å². The summed E-state index contributed by atoms with van der Waals surface area (Å²) in [6.45, 7) is 8.55. The van der Waals surface area contributed by atoms with Gasteiger partial charge in [-0.2, -0.15) is 0 Å². The van der Waals surface area contributed by atoms with Crippen LogP contribution in [0.5, 0.6) is 0 Å². The quantitative estimate of drug-likeness (QED) is 0.491. The van der Waals surface area contributed by atoms with Crippen LogP contribution >= 0.6 is 0 Å². The predicted octanol–water partition coefficient (Wildman–Crippen LogP) is 4.43. The van der Waals surface area contributed by atoms with Crippen LogP contribution in [-0.4, -0.2) is 36.1 Å². The van der Waals surface area contributed by atoms with Crippen LogP contribution in [0.1, 0.15) is 51.6 Å². The predicted molar refractivity (Wildman–Crippen MR) is 121 cm³/mol. The van der Waals surface area contributed by atoms with Gasteiger partial charge in [-0.3, -0.25) is 9.69 Å². The van der Waals surface area contributed by atoms with Gasteiger partial charge in [-0.1, -0.05) is 54.1 Å². The van der Waals surface area contributed by atoms with Crippen LogP contribution in [0.3, 0.4) is 0 Å². The van der Waals surface area contributed by atoms with Crippen LogP contribution in [0, 0.1) is 13.8 Å². The summed E-state index contributed by atoms with van der Waals surface area (Å²) in [6.07, 6.45) is 1.42. The van der Waals surface area contributed by atoms with E-state index in [0.717, 1.165) is 6.54 Å². The van der Waals surface area contributed by atoms with E-state index in [0.29, 0.717) is 25.6 Å². The average Bonchev–Trinajstić information content (AvgIpc) is 3.24. The molecule has 0 aliphatic carbocycles. The van der Waals surface area contributed by atoms with E-state index in [1.807, 2.05) is 6.07 Å². The Balaban J connectivity index is 1.80. The highest BCUT2D eigenvalue weighted by molar-refractivity contribution is 5.91. The first kappa shape index (κ1) is 22.7. The van der Waals surface area contributed by atoms with Gasteiger partial charge in [0.05, 0.1) is 13.2 Å². The number of rotatable bonds is 10. The highest BCUT2D eigenvalue weighted by Gasteiger charge is 2.21. The van der Waals surface area contributed by atoms with Crippen molar-refractivity contribution in [1.82, 2.24) is 15.2 Å². The van der Waals surface area contributed by atoms with Crippen LogP contribution in [0.25, 0.3) is 0 Å². The van der Waals surface area contributed by atoms with Crippen molar-refractivity contribution in [3.8, 4) is 0 Å². The number of amides is 1. The molecule has 0 spiro atoms. The third-order valence-electron chi connectivity index (χ3n) is 5.42. The number of benzene rings is 2. The van der Waals surface area contributed by atoms with E-state index in [4.69, 9.17) is 9.15 Å². The first-order valence-electron chi connectivity index (χ1n) is 10.5. The molecular formula is C25H31N3O3. The number of oxazole rings is 1. The summed E-state index contributed by atoms with van der Waals surface area (Å²) in [5.41, 5.74) is 5.26. The van der Waals surface area contributed by atoms with E-state index in [9.17, 15) is 4.79 Å². The number of nitrogens with one attached hydrogen (secondary N) is 1. The normalized spacial score (nSPS) is 12.2. The molecular weight excluding hydrogens is 390 g/mol. The van der Waals surface area contributed by atoms with Crippen LogP contribution in [0.4, 0.5) is 0 Å². The van der Waals surface area contributed by atoms with Gasteiger partial charge in [-0.05, 0) is 37.5 Å². The van der Waals surface area contributed by atoms with Gasteiger partial charge in [-0.15, -0.1) is 0 Å². The number of nitrogens with zero attached hydrogens (tertiary/aromatic N) is 2. The van der Waals surface area contributed by atoms with Crippen molar-refractivity contribution < 1.29 is 13.9 Å². The van der Waals surface area contributed by atoms with E-state index in [2.05, 4.69) is 78.4 Å². The van der Waals surface area contributed by atoms with Gasteiger partial charge < -0.3 is 14.5 Å².